The third-order valence-corrected chi connectivity index (χ3v) is 4.94. The Labute approximate surface area is 104 Å². The van der Waals surface area contributed by atoms with Gasteiger partial charge in [0.2, 0.25) is 5.91 Å². The molecule has 0 radical (unpaired) electrons. The Kier molecular flexibility index (Phi) is 3.37. The van der Waals surface area contributed by atoms with Crippen LogP contribution < -0.4 is 5.32 Å². The Morgan fingerprint density at radius 3 is 2.59 bits per heavy atom. The number of hydrogen-bond donors (Lipinski definition) is 1. The minimum Gasteiger partial charge on any atom is -0.339 e. The van der Waals surface area contributed by atoms with Gasteiger partial charge in [0.05, 0.1) is 5.92 Å². The van der Waals surface area contributed by atoms with Gasteiger partial charge in [-0.05, 0) is 44.6 Å². The molecule has 3 heteroatoms. The van der Waals surface area contributed by atoms with Gasteiger partial charge in [-0.1, -0.05) is 12.8 Å². The predicted octanol–water partition coefficient (Wildman–Crippen LogP) is 1.78. The van der Waals surface area contributed by atoms with Gasteiger partial charge in [0, 0.05) is 19.1 Å². The van der Waals surface area contributed by atoms with Crippen LogP contribution in [-0.2, 0) is 4.79 Å². The number of carbonyl (C=O) groups is 1. The molecule has 3 fully saturated rings. The summed E-state index contributed by atoms with van der Waals surface area (Å²) >= 11 is 0. The molecular weight excluding hydrogens is 212 g/mol. The highest BCUT2D eigenvalue weighted by molar-refractivity contribution is 5.80. The first kappa shape index (κ1) is 11.5. The lowest BCUT2D eigenvalue weighted by Gasteiger charge is -2.31. The monoisotopic (exact) mass is 236 g/mol. The van der Waals surface area contributed by atoms with Crippen molar-refractivity contribution < 1.29 is 4.79 Å². The van der Waals surface area contributed by atoms with Gasteiger partial charge in [-0.2, -0.15) is 0 Å². The molecule has 1 aliphatic carbocycles. The fraction of sp³-hybridized carbons (Fsp3) is 0.929. The van der Waals surface area contributed by atoms with Gasteiger partial charge >= 0.3 is 0 Å². The average molecular weight is 236 g/mol. The van der Waals surface area contributed by atoms with Crippen LogP contribution in [0.2, 0.25) is 0 Å². The van der Waals surface area contributed by atoms with Crippen molar-refractivity contribution in [1.82, 2.24) is 10.2 Å². The molecule has 0 aromatic heterocycles. The SMILES string of the molecule is O=C(C1CCNC1)N1CCCC1C1CCCC1. The molecule has 1 saturated carbocycles. The summed E-state index contributed by atoms with van der Waals surface area (Å²) < 4.78 is 0. The summed E-state index contributed by atoms with van der Waals surface area (Å²) in [6.45, 7) is 2.96. The molecule has 1 N–H and O–H groups in total. The van der Waals surface area contributed by atoms with E-state index in [0.29, 0.717) is 11.9 Å². The standard InChI is InChI=1S/C14H24N2O/c17-14(12-7-8-15-10-12)16-9-3-6-13(16)11-4-1-2-5-11/h11-13,15H,1-10H2. The Bertz CT molecular complexity index is 280. The zero-order valence-electron chi connectivity index (χ0n) is 10.7. The number of nitrogens with zero attached hydrogens (tertiary/aromatic N) is 1. The van der Waals surface area contributed by atoms with E-state index in [2.05, 4.69) is 10.2 Å². The summed E-state index contributed by atoms with van der Waals surface area (Å²) in [5.41, 5.74) is 0. The molecule has 2 heterocycles. The molecule has 3 rings (SSSR count). The van der Waals surface area contributed by atoms with Crippen LogP contribution in [0.5, 0.6) is 0 Å². The molecule has 3 aliphatic rings. The van der Waals surface area contributed by atoms with E-state index in [4.69, 9.17) is 0 Å². The molecule has 3 nitrogen and oxygen atoms in total. The van der Waals surface area contributed by atoms with Crippen LogP contribution in [0.1, 0.15) is 44.9 Å². The minimum atomic E-state index is 0.275. The molecule has 0 aromatic carbocycles. The summed E-state index contributed by atoms with van der Waals surface area (Å²) in [6.07, 6.45) is 9.02. The van der Waals surface area contributed by atoms with Crippen molar-refractivity contribution in [2.75, 3.05) is 19.6 Å². The topological polar surface area (TPSA) is 32.3 Å². The predicted molar refractivity (Wildman–Crippen MR) is 67.7 cm³/mol. The molecule has 2 aliphatic heterocycles. The maximum Gasteiger partial charge on any atom is 0.227 e. The van der Waals surface area contributed by atoms with Gasteiger partial charge in [-0.15, -0.1) is 0 Å². The Hall–Kier alpha value is -0.570. The van der Waals surface area contributed by atoms with Gasteiger partial charge in [-0.25, -0.2) is 0 Å². The Morgan fingerprint density at radius 2 is 1.88 bits per heavy atom. The summed E-state index contributed by atoms with van der Waals surface area (Å²) in [4.78, 5) is 14.7. The number of likely N-dealkylation sites (tertiary alicyclic amines) is 1. The van der Waals surface area contributed by atoms with Crippen molar-refractivity contribution in [3.8, 4) is 0 Å². The normalized spacial score (nSPS) is 34.7. The number of rotatable bonds is 2. The van der Waals surface area contributed by atoms with Crippen LogP contribution in [0.15, 0.2) is 0 Å². The second-order valence-corrected chi connectivity index (χ2v) is 5.98. The molecule has 1 amide bonds. The first-order valence-corrected chi connectivity index (χ1v) is 7.37. The zero-order chi connectivity index (χ0) is 11.7. The van der Waals surface area contributed by atoms with Crippen LogP contribution in [0.3, 0.4) is 0 Å². The van der Waals surface area contributed by atoms with E-state index >= 15 is 0 Å². The van der Waals surface area contributed by atoms with Crippen molar-refractivity contribution >= 4 is 5.91 Å². The Morgan fingerprint density at radius 1 is 1.06 bits per heavy atom. The molecule has 0 spiro atoms. The number of hydrogen-bond acceptors (Lipinski definition) is 2. The van der Waals surface area contributed by atoms with Gasteiger partial charge in [-0.3, -0.25) is 4.79 Å². The first-order valence-electron chi connectivity index (χ1n) is 7.37. The van der Waals surface area contributed by atoms with Crippen molar-refractivity contribution in [1.29, 1.82) is 0 Å². The highest BCUT2D eigenvalue weighted by Gasteiger charge is 2.38. The molecule has 2 saturated heterocycles. The number of carbonyl (C=O) groups excluding carboxylic acids is 1. The fourth-order valence-corrected chi connectivity index (χ4v) is 4.00. The fourth-order valence-electron chi connectivity index (χ4n) is 4.00. The number of amides is 1. The quantitative estimate of drug-likeness (QED) is 0.792. The maximum atomic E-state index is 12.5. The van der Waals surface area contributed by atoms with E-state index in [1.165, 1.54) is 38.5 Å². The first-order chi connectivity index (χ1) is 8.36. The van der Waals surface area contributed by atoms with Crippen LogP contribution in [0, 0.1) is 11.8 Å². The van der Waals surface area contributed by atoms with Crippen molar-refractivity contribution in [2.45, 2.75) is 51.0 Å². The summed E-state index contributed by atoms with van der Waals surface area (Å²) in [6, 6.07) is 0.589. The van der Waals surface area contributed by atoms with E-state index in [9.17, 15) is 4.79 Å². The van der Waals surface area contributed by atoms with Gasteiger partial charge in [0.15, 0.2) is 0 Å². The van der Waals surface area contributed by atoms with Gasteiger partial charge in [0.1, 0.15) is 0 Å². The largest absolute Gasteiger partial charge is 0.339 e. The smallest absolute Gasteiger partial charge is 0.227 e. The second-order valence-electron chi connectivity index (χ2n) is 5.98. The van der Waals surface area contributed by atoms with Crippen molar-refractivity contribution in [2.24, 2.45) is 11.8 Å². The number of nitrogens with one attached hydrogen (secondary N) is 1. The molecule has 0 aromatic rings. The van der Waals surface area contributed by atoms with E-state index in [1.54, 1.807) is 0 Å². The average Bonchev–Trinajstić information content (AvgIpc) is 3.09. The lowest BCUT2D eigenvalue weighted by atomic mass is 9.95. The summed E-state index contributed by atoms with van der Waals surface area (Å²) in [5.74, 6) is 1.54. The van der Waals surface area contributed by atoms with Crippen LogP contribution in [-0.4, -0.2) is 36.5 Å². The van der Waals surface area contributed by atoms with Gasteiger partial charge in [0.25, 0.3) is 0 Å². The van der Waals surface area contributed by atoms with Crippen molar-refractivity contribution in [3.63, 3.8) is 0 Å². The summed E-state index contributed by atoms with van der Waals surface area (Å²) in [5, 5.41) is 3.31. The second kappa shape index (κ2) is 4.97. The summed E-state index contributed by atoms with van der Waals surface area (Å²) in [7, 11) is 0. The van der Waals surface area contributed by atoms with E-state index < -0.39 is 0 Å². The Balaban J connectivity index is 1.65. The highest BCUT2D eigenvalue weighted by Crippen LogP contribution is 2.36. The van der Waals surface area contributed by atoms with Crippen LogP contribution >= 0.6 is 0 Å². The minimum absolute atomic E-state index is 0.275. The highest BCUT2D eigenvalue weighted by atomic mass is 16.2. The van der Waals surface area contributed by atoms with E-state index in [1.807, 2.05) is 0 Å². The third-order valence-electron chi connectivity index (χ3n) is 4.94. The third kappa shape index (κ3) is 2.22. The molecule has 0 bridgehead atoms. The van der Waals surface area contributed by atoms with Gasteiger partial charge < -0.3 is 10.2 Å². The van der Waals surface area contributed by atoms with E-state index in [0.717, 1.165) is 32.0 Å². The molecule has 96 valence electrons. The molecule has 17 heavy (non-hydrogen) atoms. The lowest BCUT2D eigenvalue weighted by molar-refractivity contribution is -0.136. The molecule has 2 unspecified atom stereocenters. The maximum absolute atomic E-state index is 12.5. The molecular formula is C14H24N2O. The zero-order valence-corrected chi connectivity index (χ0v) is 10.7. The van der Waals surface area contributed by atoms with Crippen molar-refractivity contribution in [3.05, 3.63) is 0 Å². The van der Waals surface area contributed by atoms with E-state index in [-0.39, 0.29) is 5.92 Å². The lowest BCUT2D eigenvalue weighted by Crippen LogP contribution is -2.43. The van der Waals surface area contributed by atoms with Crippen LogP contribution in [0.4, 0.5) is 0 Å². The molecule has 2 atom stereocenters. The van der Waals surface area contributed by atoms with Crippen LogP contribution in [0.25, 0.3) is 0 Å².